The first-order valence-electron chi connectivity index (χ1n) is 7.94. The van der Waals surface area contributed by atoms with Gasteiger partial charge in [-0.3, -0.25) is 0 Å². The van der Waals surface area contributed by atoms with E-state index in [4.69, 9.17) is 0 Å². The Morgan fingerprint density at radius 2 is 1.95 bits per heavy atom. The summed E-state index contributed by atoms with van der Waals surface area (Å²) in [6.07, 6.45) is 5.86. The highest BCUT2D eigenvalue weighted by molar-refractivity contribution is 7.89. The molecule has 0 atom stereocenters. The molecule has 2 fully saturated rings. The summed E-state index contributed by atoms with van der Waals surface area (Å²) in [6, 6.07) is 3.79. The Kier molecular flexibility index (Phi) is 4.65. The third kappa shape index (κ3) is 4.18. The predicted molar refractivity (Wildman–Crippen MR) is 86.3 cm³/mol. The number of rotatable bonds is 6. The minimum atomic E-state index is -3.42. The van der Waals surface area contributed by atoms with Crippen molar-refractivity contribution in [2.45, 2.75) is 36.6 Å². The van der Waals surface area contributed by atoms with Crippen molar-refractivity contribution in [1.82, 2.24) is 14.6 Å². The van der Waals surface area contributed by atoms with Gasteiger partial charge in [-0.2, -0.15) is 0 Å². The van der Waals surface area contributed by atoms with Crippen LogP contribution in [-0.4, -0.2) is 51.0 Å². The van der Waals surface area contributed by atoms with Crippen molar-refractivity contribution in [2.24, 2.45) is 5.92 Å². The molecule has 1 aliphatic heterocycles. The van der Waals surface area contributed by atoms with Gasteiger partial charge in [-0.15, -0.1) is 0 Å². The summed E-state index contributed by atoms with van der Waals surface area (Å²) in [5, 5.41) is 3.39. The van der Waals surface area contributed by atoms with Gasteiger partial charge in [-0.05, 0) is 63.9 Å². The summed E-state index contributed by atoms with van der Waals surface area (Å²) in [7, 11) is -1.29. The number of nitrogens with zero attached hydrogens (tertiary/aromatic N) is 2. The fraction of sp³-hybridized carbons (Fsp3) is 0.667. The van der Waals surface area contributed by atoms with Crippen molar-refractivity contribution in [3.63, 3.8) is 0 Å². The lowest BCUT2D eigenvalue weighted by Crippen LogP contribution is -2.36. The van der Waals surface area contributed by atoms with Crippen molar-refractivity contribution in [3.05, 3.63) is 18.3 Å². The number of pyridine rings is 1. The van der Waals surface area contributed by atoms with Crippen LogP contribution in [-0.2, 0) is 10.0 Å². The van der Waals surface area contributed by atoms with E-state index in [-0.39, 0.29) is 4.90 Å². The molecule has 0 bridgehead atoms. The van der Waals surface area contributed by atoms with E-state index in [1.54, 1.807) is 12.1 Å². The van der Waals surface area contributed by atoms with Gasteiger partial charge in [0.1, 0.15) is 10.7 Å². The van der Waals surface area contributed by atoms with Crippen LogP contribution in [0.1, 0.15) is 25.7 Å². The van der Waals surface area contributed by atoms with E-state index in [0.717, 1.165) is 44.6 Å². The van der Waals surface area contributed by atoms with E-state index in [1.807, 2.05) is 0 Å². The number of hydrogen-bond donors (Lipinski definition) is 2. The Bertz CT molecular complexity index is 590. The fourth-order valence-corrected chi connectivity index (χ4v) is 3.68. The molecule has 122 valence electrons. The first kappa shape index (κ1) is 15.7. The highest BCUT2D eigenvalue weighted by atomic mass is 32.2. The molecule has 1 aromatic heterocycles. The molecule has 0 amide bonds. The van der Waals surface area contributed by atoms with Gasteiger partial charge in [-0.1, -0.05) is 0 Å². The molecule has 6 nitrogen and oxygen atoms in total. The van der Waals surface area contributed by atoms with Gasteiger partial charge >= 0.3 is 0 Å². The molecule has 22 heavy (non-hydrogen) atoms. The van der Waals surface area contributed by atoms with Gasteiger partial charge in [0.05, 0.1) is 0 Å². The van der Waals surface area contributed by atoms with Crippen molar-refractivity contribution >= 4 is 15.8 Å². The average Bonchev–Trinajstić information content (AvgIpc) is 3.33. The molecule has 1 saturated heterocycles. The normalized spacial score (nSPS) is 21.0. The minimum Gasteiger partial charge on any atom is -0.367 e. The molecule has 0 aromatic carbocycles. The Labute approximate surface area is 132 Å². The van der Waals surface area contributed by atoms with Crippen LogP contribution in [0.3, 0.4) is 0 Å². The van der Waals surface area contributed by atoms with Gasteiger partial charge in [0.25, 0.3) is 0 Å². The lowest BCUT2D eigenvalue weighted by molar-refractivity contribution is 0.263. The van der Waals surface area contributed by atoms with E-state index >= 15 is 0 Å². The van der Waals surface area contributed by atoms with E-state index in [0.29, 0.717) is 18.5 Å². The maximum atomic E-state index is 12.1. The summed E-state index contributed by atoms with van der Waals surface area (Å²) in [5.74, 6) is 1.27. The molecule has 1 aromatic rings. The predicted octanol–water partition coefficient (Wildman–Crippen LogP) is 1.28. The van der Waals surface area contributed by atoms with E-state index in [1.165, 1.54) is 6.20 Å². The van der Waals surface area contributed by atoms with Crippen LogP contribution in [0.25, 0.3) is 0 Å². The first-order valence-corrected chi connectivity index (χ1v) is 9.42. The lowest BCUT2D eigenvalue weighted by Gasteiger charge is -2.29. The monoisotopic (exact) mass is 324 g/mol. The minimum absolute atomic E-state index is 0.238. The molecule has 0 radical (unpaired) electrons. The van der Waals surface area contributed by atoms with Crippen molar-refractivity contribution in [1.29, 1.82) is 0 Å². The summed E-state index contributed by atoms with van der Waals surface area (Å²) >= 11 is 0. The largest absolute Gasteiger partial charge is 0.367 e. The zero-order chi connectivity index (χ0) is 15.6. The van der Waals surface area contributed by atoms with Gasteiger partial charge < -0.3 is 10.2 Å². The smallest absolute Gasteiger partial charge is 0.242 e. The van der Waals surface area contributed by atoms with Gasteiger partial charge in [-0.25, -0.2) is 18.1 Å². The second-order valence-electron chi connectivity index (χ2n) is 6.40. The SMILES string of the molecule is CN1CCC(Nc2ccc(S(=O)(=O)NCC3CC3)cn2)CC1. The van der Waals surface area contributed by atoms with Crippen LogP contribution in [0.4, 0.5) is 5.82 Å². The van der Waals surface area contributed by atoms with Crippen LogP contribution >= 0.6 is 0 Å². The summed E-state index contributed by atoms with van der Waals surface area (Å²) < 4.78 is 26.9. The quantitative estimate of drug-likeness (QED) is 0.824. The van der Waals surface area contributed by atoms with E-state index < -0.39 is 10.0 Å². The van der Waals surface area contributed by atoms with E-state index in [2.05, 4.69) is 27.0 Å². The number of aromatic nitrogens is 1. The third-order valence-electron chi connectivity index (χ3n) is 4.38. The highest BCUT2D eigenvalue weighted by Crippen LogP contribution is 2.28. The molecule has 2 N–H and O–H groups in total. The number of anilines is 1. The van der Waals surface area contributed by atoms with Crippen LogP contribution in [0.2, 0.25) is 0 Å². The number of nitrogens with one attached hydrogen (secondary N) is 2. The molecule has 1 saturated carbocycles. The maximum Gasteiger partial charge on any atom is 0.242 e. The zero-order valence-electron chi connectivity index (χ0n) is 13.0. The molecule has 0 unspecified atom stereocenters. The van der Waals surface area contributed by atoms with Crippen molar-refractivity contribution < 1.29 is 8.42 Å². The Balaban J connectivity index is 1.57. The maximum absolute atomic E-state index is 12.1. The second kappa shape index (κ2) is 6.52. The van der Waals surface area contributed by atoms with Crippen LogP contribution < -0.4 is 10.0 Å². The van der Waals surface area contributed by atoms with Crippen LogP contribution in [0.5, 0.6) is 0 Å². The number of sulfonamides is 1. The molecular weight excluding hydrogens is 300 g/mol. The van der Waals surface area contributed by atoms with E-state index in [9.17, 15) is 8.42 Å². The molecule has 2 heterocycles. The van der Waals surface area contributed by atoms with Crippen LogP contribution in [0, 0.1) is 5.92 Å². The number of piperidine rings is 1. The fourth-order valence-electron chi connectivity index (χ4n) is 2.62. The molecule has 2 aliphatic rings. The summed E-state index contributed by atoms with van der Waals surface area (Å²) in [6.45, 7) is 2.70. The molecule has 1 aliphatic carbocycles. The number of hydrogen-bond acceptors (Lipinski definition) is 5. The second-order valence-corrected chi connectivity index (χ2v) is 8.16. The first-order chi connectivity index (χ1) is 10.5. The molecular formula is C15H24N4O2S. The molecule has 0 spiro atoms. The zero-order valence-corrected chi connectivity index (χ0v) is 13.8. The van der Waals surface area contributed by atoms with Gasteiger partial charge in [0.15, 0.2) is 0 Å². The topological polar surface area (TPSA) is 74.3 Å². The molecule has 3 rings (SSSR count). The lowest BCUT2D eigenvalue weighted by atomic mass is 10.1. The Morgan fingerprint density at radius 3 is 2.55 bits per heavy atom. The Morgan fingerprint density at radius 1 is 1.23 bits per heavy atom. The highest BCUT2D eigenvalue weighted by Gasteiger charge is 2.24. The summed E-state index contributed by atoms with van der Waals surface area (Å²) in [4.78, 5) is 6.81. The third-order valence-corrected chi connectivity index (χ3v) is 5.78. The number of likely N-dealkylation sites (tertiary alicyclic amines) is 1. The standard InChI is InChI=1S/C15H24N4O2S/c1-19-8-6-13(7-9-19)18-15-5-4-14(11-16-15)22(20,21)17-10-12-2-3-12/h4-5,11-13,17H,2-3,6-10H2,1H3,(H,16,18). The van der Waals surface area contributed by atoms with Crippen LogP contribution in [0.15, 0.2) is 23.2 Å². The molecule has 7 heteroatoms. The average molecular weight is 324 g/mol. The Hall–Kier alpha value is -1.18. The van der Waals surface area contributed by atoms with Gasteiger partial charge in [0.2, 0.25) is 10.0 Å². The summed E-state index contributed by atoms with van der Waals surface area (Å²) in [5.41, 5.74) is 0. The van der Waals surface area contributed by atoms with Crippen molar-refractivity contribution in [2.75, 3.05) is 32.0 Å². The van der Waals surface area contributed by atoms with Gasteiger partial charge in [0, 0.05) is 18.8 Å². The van der Waals surface area contributed by atoms with Crippen molar-refractivity contribution in [3.8, 4) is 0 Å².